The first-order valence-corrected chi connectivity index (χ1v) is 8.84. The highest BCUT2D eigenvalue weighted by atomic mass is 32.1. The van der Waals surface area contributed by atoms with Gasteiger partial charge in [-0.05, 0) is 31.9 Å². The Kier molecular flexibility index (Phi) is 3.93. The van der Waals surface area contributed by atoms with Crippen molar-refractivity contribution in [2.24, 2.45) is 5.92 Å². The highest BCUT2D eigenvalue weighted by Gasteiger charge is 2.27. The second-order valence-electron chi connectivity index (χ2n) is 5.99. The molecular weight excluding hydrogens is 324 g/mol. The lowest BCUT2D eigenvalue weighted by atomic mass is 9.96. The predicted octanol–water partition coefficient (Wildman–Crippen LogP) is 3.45. The Morgan fingerprint density at radius 2 is 2.12 bits per heavy atom. The third kappa shape index (κ3) is 2.99. The van der Waals surface area contributed by atoms with Crippen molar-refractivity contribution >= 4 is 39.5 Å². The van der Waals surface area contributed by atoms with Gasteiger partial charge in [0.2, 0.25) is 5.91 Å². The Hall–Kier alpha value is -2.41. The first kappa shape index (κ1) is 15.1. The molecule has 0 spiro atoms. The first-order valence-electron chi connectivity index (χ1n) is 8.03. The second kappa shape index (κ2) is 6.24. The Bertz CT molecular complexity index is 831. The number of aryl methyl sites for hydroxylation is 1. The van der Waals surface area contributed by atoms with E-state index in [-0.39, 0.29) is 11.8 Å². The van der Waals surface area contributed by atoms with Gasteiger partial charge in [-0.15, -0.1) is 11.3 Å². The summed E-state index contributed by atoms with van der Waals surface area (Å²) in [6.45, 7) is 3.51. The van der Waals surface area contributed by atoms with Gasteiger partial charge in [0.25, 0.3) is 6.01 Å². The van der Waals surface area contributed by atoms with Crippen LogP contribution in [0.1, 0.15) is 17.7 Å². The fourth-order valence-corrected chi connectivity index (χ4v) is 3.62. The van der Waals surface area contributed by atoms with Crippen molar-refractivity contribution in [3.63, 3.8) is 0 Å². The van der Waals surface area contributed by atoms with Gasteiger partial charge in [-0.25, -0.2) is 4.98 Å². The number of nitrogens with one attached hydrogen (secondary N) is 1. The largest absolute Gasteiger partial charge is 0.423 e. The zero-order chi connectivity index (χ0) is 16.5. The zero-order valence-electron chi connectivity index (χ0n) is 13.4. The number of piperidine rings is 1. The maximum Gasteiger partial charge on any atom is 0.298 e. The smallest absolute Gasteiger partial charge is 0.298 e. The molecule has 0 saturated carbocycles. The summed E-state index contributed by atoms with van der Waals surface area (Å²) in [4.78, 5) is 24.3. The van der Waals surface area contributed by atoms with Gasteiger partial charge >= 0.3 is 0 Å². The molecule has 0 unspecified atom stereocenters. The van der Waals surface area contributed by atoms with Crippen LogP contribution in [0.25, 0.3) is 11.1 Å². The average molecular weight is 342 g/mol. The summed E-state index contributed by atoms with van der Waals surface area (Å²) in [6, 6.07) is 8.39. The Morgan fingerprint density at radius 1 is 1.33 bits per heavy atom. The number of aromatic nitrogens is 2. The minimum atomic E-state index is 0.00911. The number of fused-ring (bicyclic) bond motifs is 1. The minimum Gasteiger partial charge on any atom is -0.423 e. The molecule has 1 aromatic carbocycles. The van der Waals surface area contributed by atoms with E-state index in [0.29, 0.717) is 11.1 Å². The van der Waals surface area contributed by atoms with E-state index in [2.05, 4.69) is 20.2 Å². The number of carbonyl (C=O) groups is 1. The Balaban J connectivity index is 1.38. The maximum absolute atomic E-state index is 12.4. The van der Waals surface area contributed by atoms with E-state index in [9.17, 15) is 4.79 Å². The van der Waals surface area contributed by atoms with E-state index in [0.717, 1.165) is 41.9 Å². The Morgan fingerprint density at radius 3 is 2.83 bits per heavy atom. The molecule has 124 valence electrons. The van der Waals surface area contributed by atoms with Gasteiger partial charge in [0, 0.05) is 30.1 Å². The maximum atomic E-state index is 12.4. The number of thiazole rings is 1. The lowest BCUT2D eigenvalue weighted by molar-refractivity contribution is -0.120. The topological polar surface area (TPSA) is 71.3 Å². The molecule has 7 heteroatoms. The molecule has 1 saturated heterocycles. The summed E-state index contributed by atoms with van der Waals surface area (Å²) in [5.74, 6) is 0.0661. The lowest BCUT2D eigenvalue weighted by Gasteiger charge is -2.29. The molecule has 0 radical (unpaired) electrons. The number of nitrogens with zero attached hydrogens (tertiary/aromatic N) is 3. The number of para-hydroxylation sites is 2. The molecule has 1 amide bonds. The van der Waals surface area contributed by atoms with Gasteiger partial charge in [-0.3, -0.25) is 4.79 Å². The van der Waals surface area contributed by atoms with Crippen LogP contribution in [0.2, 0.25) is 0 Å². The molecule has 3 aromatic rings. The summed E-state index contributed by atoms with van der Waals surface area (Å²) in [5.41, 5.74) is 1.66. The second-order valence-corrected chi connectivity index (χ2v) is 7.23. The normalized spacial score (nSPS) is 15.8. The number of benzene rings is 1. The molecule has 2 aromatic heterocycles. The summed E-state index contributed by atoms with van der Waals surface area (Å²) in [6.07, 6.45) is 3.35. The van der Waals surface area contributed by atoms with Crippen molar-refractivity contribution in [1.82, 2.24) is 9.97 Å². The summed E-state index contributed by atoms with van der Waals surface area (Å²) >= 11 is 1.50. The van der Waals surface area contributed by atoms with E-state index in [1.165, 1.54) is 11.3 Å². The Labute approximate surface area is 143 Å². The first-order chi connectivity index (χ1) is 11.7. The van der Waals surface area contributed by atoms with Crippen LogP contribution in [0.3, 0.4) is 0 Å². The van der Waals surface area contributed by atoms with Crippen molar-refractivity contribution in [1.29, 1.82) is 0 Å². The van der Waals surface area contributed by atoms with Gasteiger partial charge in [-0.1, -0.05) is 12.1 Å². The van der Waals surface area contributed by atoms with Crippen LogP contribution < -0.4 is 10.2 Å². The van der Waals surface area contributed by atoms with E-state index in [4.69, 9.17) is 4.42 Å². The van der Waals surface area contributed by atoms with Gasteiger partial charge in [-0.2, -0.15) is 4.98 Å². The number of hydrogen-bond acceptors (Lipinski definition) is 6. The van der Waals surface area contributed by atoms with Crippen molar-refractivity contribution in [2.75, 3.05) is 23.3 Å². The zero-order valence-corrected chi connectivity index (χ0v) is 14.2. The van der Waals surface area contributed by atoms with Crippen LogP contribution in [-0.2, 0) is 4.79 Å². The molecule has 0 bridgehead atoms. The number of amides is 1. The van der Waals surface area contributed by atoms with E-state index < -0.39 is 0 Å². The molecule has 6 nitrogen and oxygen atoms in total. The van der Waals surface area contributed by atoms with Crippen molar-refractivity contribution in [2.45, 2.75) is 19.8 Å². The fraction of sp³-hybridized carbons (Fsp3) is 0.353. The van der Waals surface area contributed by atoms with E-state index >= 15 is 0 Å². The highest BCUT2D eigenvalue weighted by molar-refractivity contribution is 7.15. The fourth-order valence-electron chi connectivity index (χ4n) is 2.95. The highest BCUT2D eigenvalue weighted by Crippen LogP contribution is 2.27. The number of anilines is 2. The quantitative estimate of drug-likeness (QED) is 0.789. The van der Waals surface area contributed by atoms with Crippen molar-refractivity contribution in [3.8, 4) is 0 Å². The molecule has 4 rings (SSSR count). The lowest BCUT2D eigenvalue weighted by Crippen LogP contribution is -2.38. The molecule has 1 fully saturated rings. The average Bonchev–Trinajstić information content (AvgIpc) is 3.21. The van der Waals surface area contributed by atoms with Gasteiger partial charge in [0.05, 0.1) is 0 Å². The molecule has 24 heavy (non-hydrogen) atoms. The molecule has 1 aliphatic heterocycles. The van der Waals surface area contributed by atoms with Crippen LogP contribution in [0.15, 0.2) is 34.9 Å². The number of oxazole rings is 1. The summed E-state index contributed by atoms with van der Waals surface area (Å²) < 4.78 is 5.81. The molecule has 3 heterocycles. The molecular formula is C17H18N4O2S. The van der Waals surface area contributed by atoms with Crippen molar-refractivity contribution < 1.29 is 9.21 Å². The SMILES string of the molecule is Cc1cnc(NC(=O)C2CCN(c3nc4ccccc4o3)CC2)s1. The monoisotopic (exact) mass is 342 g/mol. The van der Waals surface area contributed by atoms with Crippen LogP contribution in [-0.4, -0.2) is 29.0 Å². The summed E-state index contributed by atoms with van der Waals surface area (Å²) in [7, 11) is 0. The number of rotatable bonds is 3. The van der Waals surface area contributed by atoms with Crippen molar-refractivity contribution in [3.05, 3.63) is 35.3 Å². The van der Waals surface area contributed by atoms with E-state index in [1.54, 1.807) is 6.20 Å². The predicted molar refractivity (Wildman–Crippen MR) is 94.4 cm³/mol. The van der Waals surface area contributed by atoms with Gasteiger partial charge in [0.15, 0.2) is 10.7 Å². The van der Waals surface area contributed by atoms with Gasteiger partial charge < -0.3 is 14.6 Å². The molecule has 1 aliphatic rings. The molecule has 1 N–H and O–H groups in total. The van der Waals surface area contributed by atoms with Crippen LogP contribution in [0, 0.1) is 12.8 Å². The third-order valence-corrected chi connectivity index (χ3v) is 5.10. The third-order valence-electron chi connectivity index (χ3n) is 4.27. The minimum absolute atomic E-state index is 0.00911. The van der Waals surface area contributed by atoms with Crippen LogP contribution in [0.5, 0.6) is 0 Å². The standard InChI is InChI=1S/C17H18N4O2S/c1-11-10-18-16(24-11)20-15(22)12-6-8-21(9-7-12)17-19-13-4-2-3-5-14(13)23-17/h2-5,10,12H,6-9H2,1H3,(H,18,20,22). The van der Waals surface area contributed by atoms with Crippen LogP contribution in [0.4, 0.5) is 11.1 Å². The van der Waals surface area contributed by atoms with Crippen LogP contribution >= 0.6 is 11.3 Å². The van der Waals surface area contributed by atoms with E-state index in [1.807, 2.05) is 31.2 Å². The van der Waals surface area contributed by atoms with Gasteiger partial charge in [0.1, 0.15) is 5.52 Å². The summed E-state index contributed by atoms with van der Waals surface area (Å²) in [5, 5.41) is 3.60. The molecule has 0 aliphatic carbocycles. The number of carbonyl (C=O) groups excluding carboxylic acids is 1. The number of hydrogen-bond donors (Lipinski definition) is 1. The molecule has 0 atom stereocenters.